The highest BCUT2D eigenvalue weighted by molar-refractivity contribution is 5.76. The highest BCUT2D eigenvalue weighted by Gasteiger charge is 2.22. The van der Waals surface area contributed by atoms with Crippen molar-refractivity contribution in [1.82, 2.24) is 4.90 Å². The largest absolute Gasteiger partial charge is 0.395 e. The lowest BCUT2D eigenvalue weighted by Crippen LogP contribution is -2.42. The van der Waals surface area contributed by atoms with Crippen molar-refractivity contribution >= 4 is 5.91 Å². The fourth-order valence-corrected chi connectivity index (χ4v) is 2.20. The Morgan fingerprint density at radius 2 is 1.91 bits per heavy atom. The second kappa shape index (κ2) is 9.65. The Hall–Kier alpha value is -1.43. The van der Waals surface area contributed by atoms with Crippen molar-refractivity contribution in [2.24, 2.45) is 5.41 Å². The Morgan fingerprint density at radius 1 is 1.26 bits per heavy atom. The average Bonchev–Trinajstić information content (AvgIpc) is 2.46. The highest BCUT2D eigenvalue weighted by atomic mass is 16.5. The number of nitrogens with zero attached hydrogens (tertiary/aromatic N) is 1. The molecule has 0 aliphatic rings. The number of hydrogen-bond acceptors (Lipinski definition) is 4. The number of benzene rings is 1. The minimum absolute atomic E-state index is 0.0614. The van der Waals surface area contributed by atoms with Crippen LogP contribution in [-0.2, 0) is 16.1 Å². The fraction of sp³-hybridized carbons (Fsp3) is 0.611. The Labute approximate surface area is 138 Å². The van der Waals surface area contributed by atoms with E-state index in [1.54, 1.807) is 0 Å². The van der Waals surface area contributed by atoms with E-state index in [9.17, 15) is 9.90 Å². The van der Waals surface area contributed by atoms with Crippen LogP contribution in [0.3, 0.4) is 0 Å². The lowest BCUT2D eigenvalue weighted by atomic mass is 9.91. The molecule has 5 heteroatoms. The van der Waals surface area contributed by atoms with Gasteiger partial charge in [-0.05, 0) is 11.0 Å². The van der Waals surface area contributed by atoms with Gasteiger partial charge < -0.3 is 19.8 Å². The highest BCUT2D eigenvalue weighted by Crippen LogP contribution is 2.19. The fourth-order valence-electron chi connectivity index (χ4n) is 2.20. The van der Waals surface area contributed by atoms with Crippen molar-refractivity contribution in [2.45, 2.75) is 39.9 Å². The average molecular weight is 323 g/mol. The summed E-state index contributed by atoms with van der Waals surface area (Å²) in [7, 11) is 0. The van der Waals surface area contributed by atoms with E-state index in [0.29, 0.717) is 13.0 Å². The summed E-state index contributed by atoms with van der Waals surface area (Å²) in [5, 5.41) is 19.2. The molecular formula is C18H29NO4. The van der Waals surface area contributed by atoms with Gasteiger partial charge in [-0.3, -0.25) is 4.79 Å². The van der Waals surface area contributed by atoms with Crippen LogP contribution in [-0.4, -0.2) is 53.4 Å². The van der Waals surface area contributed by atoms with Crippen LogP contribution < -0.4 is 0 Å². The summed E-state index contributed by atoms with van der Waals surface area (Å²) in [6.45, 7) is 6.82. The van der Waals surface area contributed by atoms with Gasteiger partial charge >= 0.3 is 0 Å². The van der Waals surface area contributed by atoms with Crippen molar-refractivity contribution in [3.63, 3.8) is 0 Å². The van der Waals surface area contributed by atoms with Crippen molar-refractivity contribution in [3.05, 3.63) is 35.9 Å². The third kappa shape index (κ3) is 8.69. The maximum atomic E-state index is 12.2. The van der Waals surface area contributed by atoms with Gasteiger partial charge in [-0.1, -0.05) is 51.1 Å². The third-order valence-electron chi connectivity index (χ3n) is 3.26. The van der Waals surface area contributed by atoms with E-state index in [4.69, 9.17) is 9.84 Å². The summed E-state index contributed by atoms with van der Waals surface area (Å²) in [5.41, 5.74) is 0.912. The smallest absolute Gasteiger partial charge is 0.223 e. The Kier molecular flexibility index (Phi) is 8.23. The van der Waals surface area contributed by atoms with Gasteiger partial charge in [0.1, 0.15) is 0 Å². The van der Waals surface area contributed by atoms with E-state index >= 15 is 0 Å². The lowest BCUT2D eigenvalue weighted by molar-refractivity contribution is -0.135. The van der Waals surface area contributed by atoms with Crippen LogP contribution in [0.4, 0.5) is 0 Å². The minimum Gasteiger partial charge on any atom is -0.395 e. The van der Waals surface area contributed by atoms with Crippen LogP contribution in [0.2, 0.25) is 0 Å². The molecule has 0 aromatic heterocycles. The molecule has 2 N–H and O–H groups in total. The first-order valence-electron chi connectivity index (χ1n) is 8.00. The molecule has 0 saturated carbocycles. The summed E-state index contributed by atoms with van der Waals surface area (Å²) >= 11 is 0. The number of carbonyl (C=O) groups excluding carboxylic acids is 1. The molecule has 0 aliphatic carbocycles. The monoisotopic (exact) mass is 323 g/mol. The second-order valence-electron chi connectivity index (χ2n) is 6.96. The molecule has 130 valence electrons. The summed E-state index contributed by atoms with van der Waals surface area (Å²) in [6.07, 6.45) is -0.390. The molecule has 0 heterocycles. The Bertz CT molecular complexity index is 456. The number of aliphatic hydroxyl groups is 2. The summed E-state index contributed by atoms with van der Waals surface area (Å²) in [6, 6.07) is 9.72. The summed E-state index contributed by atoms with van der Waals surface area (Å²) < 4.78 is 5.49. The van der Waals surface area contributed by atoms with Gasteiger partial charge in [-0.15, -0.1) is 0 Å². The quantitative estimate of drug-likeness (QED) is 0.727. The van der Waals surface area contributed by atoms with E-state index in [1.807, 2.05) is 51.1 Å². The lowest BCUT2D eigenvalue weighted by Gasteiger charge is -2.28. The van der Waals surface area contributed by atoms with Gasteiger partial charge in [0.2, 0.25) is 5.91 Å². The van der Waals surface area contributed by atoms with Crippen molar-refractivity contribution in [2.75, 3.05) is 26.3 Å². The number of aliphatic hydroxyl groups excluding tert-OH is 2. The zero-order valence-corrected chi connectivity index (χ0v) is 14.4. The number of rotatable bonds is 9. The predicted octanol–water partition coefficient (Wildman–Crippen LogP) is 1.82. The van der Waals surface area contributed by atoms with E-state index in [2.05, 4.69) is 0 Å². The predicted molar refractivity (Wildman–Crippen MR) is 89.8 cm³/mol. The van der Waals surface area contributed by atoms with Crippen molar-refractivity contribution < 1.29 is 19.7 Å². The van der Waals surface area contributed by atoms with Crippen LogP contribution in [0.25, 0.3) is 0 Å². The third-order valence-corrected chi connectivity index (χ3v) is 3.26. The molecule has 0 radical (unpaired) electrons. The van der Waals surface area contributed by atoms with Gasteiger partial charge in [-0.25, -0.2) is 0 Å². The molecule has 1 aromatic rings. The van der Waals surface area contributed by atoms with Gasteiger partial charge in [0.25, 0.3) is 0 Å². The molecule has 5 nitrogen and oxygen atoms in total. The van der Waals surface area contributed by atoms with Gasteiger partial charge in [0, 0.05) is 19.5 Å². The zero-order valence-electron chi connectivity index (χ0n) is 14.4. The SMILES string of the molecule is CC(C)(C)CC(=O)N(CCO)CC(O)COCc1ccccc1. The second-order valence-corrected chi connectivity index (χ2v) is 6.96. The Balaban J connectivity index is 2.41. The molecule has 1 atom stereocenters. The minimum atomic E-state index is -0.769. The van der Waals surface area contributed by atoms with Crippen LogP contribution in [0.5, 0.6) is 0 Å². The molecule has 0 aliphatic heterocycles. The molecule has 0 bridgehead atoms. The number of carbonyl (C=O) groups is 1. The normalized spacial score (nSPS) is 12.9. The summed E-state index contributed by atoms with van der Waals surface area (Å²) in [4.78, 5) is 13.7. The van der Waals surface area contributed by atoms with Crippen LogP contribution in [0.1, 0.15) is 32.8 Å². The van der Waals surface area contributed by atoms with Gasteiger partial charge in [0.05, 0.1) is 25.9 Å². The van der Waals surface area contributed by atoms with Crippen LogP contribution in [0, 0.1) is 5.41 Å². The van der Waals surface area contributed by atoms with E-state index in [1.165, 1.54) is 4.90 Å². The molecule has 1 amide bonds. The molecule has 0 fully saturated rings. The molecule has 23 heavy (non-hydrogen) atoms. The first kappa shape index (κ1) is 19.6. The molecular weight excluding hydrogens is 294 g/mol. The van der Waals surface area contributed by atoms with Gasteiger partial charge in [-0.2, -0.15) is 0 Å². The topological polar surface area (TPSA) is 70.0 Å². The molecule has 1 rings (SSSR count). The van der Waals surface area contributed by atoms with E-state index < -0.39 is 6.10 Å². The van der Waals surface area contributed by atoms with Gasteiger partial charge in [0.15, 0.2) is 0 Å². The van der Waals surface area contributed by atoms with Crippen molar-refractivity contribution in [1.29, 1.82) is 0 Å². The van der Waals surface area contributed by atoms with Crippen molar-refractivity contribution in [3.8, 4) is 0 Å². The van der Waals surface area contributed by atoms with E-state index in [-0.39, 0.29) is 37.6 Å². The standard InChI is InChI=1S/C18H29NO4/c1-18(2,3)11-17(22)19(9-10-20)12-16(21)14-23-13-15-7-5-4-6-8-15/h4-8,16,20-21H,9-14H2,1-3H3. The van der Waals surface area contributed by atoms with Crippen LogP contribution >= 0.6 is 0 Å². The molecule has 1 unspecified atom stereocenters. The molecule has 0 spiro atoms. The molecule has 1 aromatic carbocycles. The number of amides is 1. The molecule has 0 saturated heterocycles. The van der Waals surface area contributed by atoms with E-state index in [0.717, 1.165) is 5.56 Å². The maximum Gasteiger partial charge on any atom is 0.223 e. The maximum absolute atomic E-state index is 12.2. The number of hydrogen-bond donors (Lipinski definition) is 2. The Morgan fingerprint density at radius 3 is 2.48 bits per heavy atom. The first-order chi connectivity index (χ1) is 10.8. The first-order valence-corrected chi connectivity index (χ1v) is 8.00. The summed E-state index contributed by atoms with van der Waals surface area (Å²) in [5.74, 6) is -0.0614. The number of ether oxygens (including phenoxy) is 1. The zero-order chi connectivity index (χ0) is 17.3. The van der Waals surface area contributed by atoms with Crippen LogP contribution in [0.15, 0.2) is 30.3 Å².